The van der Waals surface area contributed by atoms with Crippen molar-refractivity contribution < 1.29 is 14.4 Å². The minimum Gasteiger partial charge on any atom is -0.352 e. The van der Waals surface area contributed by atoms with Crippen molar-refractivity contribution in [1.29, 1.82) is 0 Å². The van der Waals surface area contributed by atoms with Crippen LogP contribution in [0.3, 0.4) is 0 Å². The quantitative estimate of drug-likeness (QED) is 0.869. The van der Waals surface area contributed by atoms with E-state index in [0.29, 0.717) is 0 Å². The van der Waals surface area contributed by atoms with E-state index in [1.165, 1.54) is 11.8 Å². The molecule has 124 valence electrons. The lowest BCUT2D eigenvalue weighted by molar-refractivity contribution is -0.151. The van der Waals surface area contributed by atoms with E-state index in [1.807, 2.05) is 52.0 Å². The summed E-state index contributed by atoms with van der Waals surface area (Å²) >= 11 is 0. The number of carbonyl (C=O) groups is 3. The maximum Gasteiger partial charge on any atom is 0.290 e. The summed E-state index contributed by atoms with van der Waals surface area (Å²) < 4.78 is 0. The Hall–Kier alpha value is -2.17. The number of ketones is 1. The van der Waals surface area contributed by atoms with Crippen LogP contribution < -0.4 is 5.32 Å². The third-order valence-electron chi connectivity index (χ3n) is 4.36. The fourth-order valence-electron chi connectivity index (χ4n) is 3.32. The topological polar surface area (TPSA) is 66.5 Å². The van der Waals surface area contributed by atoms with Crippen LogP contribution in [0, 0.1) is 0 Å². The van der Waals surface area contributed by atoms with Gasteiger partial charge in [0.1, 0.15) is 6.04 Å². The second-order valence-corrected chi connectivity index (χ2v) is 6.47. The molecule has 1 aromatic rings. The van der Waals surface area contributed by atoms with Crippen LogP contribution in [-0.4, -0.2) is 34.6 Å². The average molecular weight is 316 g/mol. The van der Waals surface area contributed by atoms with E-state index in [9.17, 15) is 14.4 Å². The molecule has 3 atom stereocenters. The van der Waals surface area contributed by atoms with Gasteiger partial charge in [-0.15, -0.1) is 0 Å². The molecule has 2 amide bonds. The molecule has 5 heteroatoms. The van der Waals surface area contributed by atoms with Crippen molar-refractivity contribution in [1.82, 2.24) is 10.2 Å². The van der Waals surface area contributed by atoms with E-state index >= 15 is 0 Å². The SMILES string of the molecule is CC(=O)C(=O)N1C(C)c2ccccc2C(C)C1C(=O)NC(C)C. The van der Waals surface area contributed by atoms with Gasteiger partial charge in [0.15, 0.2) is 0 Å². The minimum atomic E-state index is -0.682. The smallest absolute Gasteiger partial charge is 0.290 e. The Morgan fingerprint density at radius 3 is 2.17 bits per heavy atom. The Labute approximate surface area is 137 Å². The van der Waals surface area contributed by atoms with E-state index < -0.39 is 17.7 Å². The monoisotopic (exact) mass is 316 g/mol. The number of carbonyl (C=O) groups excluding carboxylic acids is 3. The summed E-state index contributed by atoms with van der Waals surface area (Å²) in [5.41, 5.74) is 2.04. The van der Waals surface area contributed by atoms with Crippen molar-refractivity contribution in [3.63, 3.8) is 0 Å². The van der Waals surface area contributed by atoms with Crippen LogP contribution >= 0.6 is 0 Å². The maximum absolute atomic E-state index is 12.7. The fraction of sp³-hybridized carbons (Fsp3) is 0.500. The predicted molar refractivity (Wildman–Crippen MR) is 87.9 cm³/mol. The number of Topliss-reactive ketones (excluding diaryl/α,β-unsaturated/α-hetero) is 1. The zero-order chi connectivity index (χ0) is 17.3. The highest BCUT2D eigenvalue weighted by atomic mass is 16.2. The molecular weight excluding hydrogens is 292 g/mol. The lowest BCUT2D eigenvalue weighted by Crippen LogP contribution is -2.57. The van der Waals surface area contributed by atoms with E-state index in [0.717, 1.165) is 11.1 Å². The minimum absolute atomic E-state index is 0.0311. The summed E-state index contributed by atoms with van der Waals surface area (Å²) in [5, 5.41) is 2.87. The Bertz CT molecular complexity index is 639. The molecule has 0 saturated heterocycles. The first-order valence-corrected chi connectivity index (χ1v) is 7.98. The molecule has 1 N–H and O–H groups in total. The summed E-state index contributed by atoms with van der Waals surface area (Å²) in [6, 6.07) is 6.75. The van der Waals surface area contributed by atoms with Crippen LogP contribution in [0.5, 0.6) is 0 Å². The van der Waals surface area contributed by atoms with Gasteiger partial charge in [-0.2, -0.15) is 0 Å². The molecule has 1 aromatic carbocycles. The van der Waals surface area contributed by atoms with Gasteiger partial charge in [0.25, 0.3) is 5.91 Å². The number of hydrogen-bond donors (Lipinski definition) is 1. The third-order valence-corrected chi connectivity index (χ3v) is 4.36. The van der Waals surface area contributed by atoms with Crippen molar-refractivity contribution >= 4 is 17.6 Å². The highest BCUT2D eigenvalue weighted by molar-refractivity contribution is 6.35. The molecule has 0 spiro atoms. The number of benzene rings is 1. The molecule has 23 heavy (non-hydrogen) atoms. The first-order valence-electron chi connectivity index (χ1n) is 7.98. The fourth-order valence-corrected chi connectivity index (χ4v) is 3.32. The van der Waals surface area contributed by atoms with Crippen LogP contribution in [-0.2, 0) is 14.4 Å². The molecule has 0 aromatic heterocycles. The number of nitrogens with one attached hydrogen (secondary N) is 1. The molecule has 0 bridgehead atoms. The van der Waals surface area contributed by atoms with Gasteiger partial charge in [-0.1, -0.05) is 31.2 Å². The van der Waals surface area contributed by atoms with E-state index in [4.69, 9.17) is 0 Å². The van der Waals surface area contributed by atoms with Crippen molar-refractivity contribution in [3.05, 3.63) is 35.4 Å². The lowest BCUT2D eigenvalue weighted by Gasteiger charge is -2.44. The van der Waals surface area contributed by atoms with Crippen LogP contribution in [0.15, 0.2) is 24.3 Å². The summed E-state index contributed by atoms with van der Waals surface area (Å²) in [6.07, 6.45) is 0. The summed E-state index contributed by atoms with van der Waals surface area (Å²) in [7, 11) is 0. The molecule has 5 nitrogen and oxygen atoms in total. The van der Waals surface area contributed by atoms with Crippen LogP contribution in [0.2, 0.25) is 0 Å². The first kappa shape index (κ1) is 17.2. The maximum atomic E-state index is 12.7. The highest BCUT2D eigenvalue weighted by Gasteiger charge is 2.44. The van der Waals surface area contributed by atoms with Gasteiger partial charge < -0.3 is 10.2 Å². The van der Waals surface area contributed by atoms with Crippen LogP contribution in [0.1, 0.15) is 57.7 Å². The molecule has 3 unspecified atom stereocenters. The molecular formula is C18H24N2O3. The second kappa shape index (κ2) is 6.52. The second-order valence-electron chi connectivity index (χ2n) is 6.47. The summed E-state index contributed by atoms with van der Waals surface area (Å²) in [4.78, 5) is 38.3. The van der Waals surface area contributed by atoms with Crippen molar-refractivity contribution in [2.75, 3.05) is 0 Å². The number of nitrogens with zero attached hydrogens (tertiary/aromatic N) is 1. The largest absolute Gasteiger partial charge is 0.352 e. The van der Waals surface area contributed by atoms with Gasteiger partial charge in [0.05, 0.1) is 6.04 Å². The van der Waals surface area contributed by atoms with Crippen LogP contribution in [0.4, 0.5) is 0 Å². The molecule has 0 fully saturated rings. The molecule has 1 heterocycles. The van der Waals surface area contributed by atoms with Gasteiger partial charge >= 0.3 is 0 Å². The number of fused-ring (bicyclic) bond motifs is 1. The van der Waals surface area contributed by atoms with Crippen LogP contribution in [0.25, 0.3) is 0 Å². The molecule has 1 aliphatic rings. The van der Waals surface area contributed by atoms with Gasteiger partial charge in [-0.05, 0) is 31.9 Å². The number of amides is 2. The molecule has 0 radical (unpaired) electrons. The predicted octanol–water partition coefficient (Wildman–Crippen LogP) is 2.18. The first-order chi connectivity index (χ1) is 10.8. The van der Waals surface area contributed by atoms with Crippen molar-refractivity contribution in [2.45, 2.75) is 58.7 Å². The summed E-state index contributed by atoms with van der Waals surface area (Å²) in [5.74, 6) is -1.55. The summed E-state index contributed by atoms with van der Waals surface area (Å²) in [6.45, 7) is 8.79. The third kappa shape index (κ3) is 3.14. The average Bonchev–Trinajstić information content (AvgIpc) is 2.49. The molecule has 2 rings (SSSR count). The molecule has 0 aliphatic carbocycles. The zero-order valence-corrected chi connectivity index (χ0v) is 14.3. The van der Waals surface area contributed by atoms with E-state index in [1.54, 1.807) is 0 Å². The molecule has 0 saturated carbocycles. The Kier molecular flexibility index (Phi) is 4.88. The Morgan fingerprint density at radius 1 is 1.09 bits per heavy atom. The van der Waals surface area contributed by atoms with Gasteiger partial charge in [0, 0.05) is 18.9 Å². The number of rotatable bonds is 3. The van der Waals surface area contributed by atoms with Gasteiger partial charge in [-0.25, -0.2) is 0 Å². The normalized spacial score (nSPS) is 23.4. The van der Waals surface area contributed by atoms with Gasteiger partial charge in [0.2, 0.25) is 11.7 Å². The van der Waals surface area contributed by atoms with Crippen molar-refractivity contribution in [2.24, 2.45) is 0 Å². The number of hydrogen-bond acceptors (Lipinski definition) is 3. The van der Waals surface area contributed by atoms with E-state index in [2.05, 4.69) is 5.32 Å². The van der Waals surface area contributed by atoms with Crippen molar-refractivity contribution in [3.8, 4) is 0 Å². The Balaban J connectivity index is 2.53. The highest BCUT2D eigenvalue weighted by Crippen LogP contribution is 2.40. The Morgan fingerprint density at radius 2 is 1.65 bits per heavy atom. The zero-order valence-electron chi connectivity index (χ0n) is 14.3. The lowest BCUT2D eigenvalue weighted by atomic mass is 9.80. The van der Waals surface area contributed by atoms with Gasteiger partial charge in [-0.3, -0.25) is 14.4 Å². The molecule has 1 aliphatic heterocycles. The standard InChI is InChI=1S/C18H24N2O3/c1-10(2)19-17(22)16-11(3)14-8-6-7-9-15(14)12(4)20(16)18(23)13(5)21/h6-12,16H,1-5H3,(H,19,22). The van der Waals surface area contributed by atoms with E-state index in [-0.39, 0.29) is 23.9 Å².